The van der Waals surface area contributed by atoms with Crippen molar-refractivity contribution in [3.63, 3.8) is 0 Å². The molecule has 1 unspecified atom stereocenters. The largest absolute Gasteiger partial charge is 0.496 e. The first-order valence-electron chi connectivity index (χ1n) is 11.2. The van der Waals surface area contributed by atoms with E-state index in [1.54, 1.807) is 18.1 Å². The molecule has 4 heteroatoms. The Kier molecular flexibility index (Phi) is 7.12. The third-order valence-corrected chi connectivity index (χ3v) is 7.07. The predicted octanol–water partition coefficient (Wildman–Crippen LogP) is 6.12. The molecule has 1 aromatic heterocycles. The number of rotatable bonds is 7. The van der Waals surface area contributed by atoms with Gasteiger partial charge in [0.2, 0.25) is 0 Å². The van der Waals surface area contributed by atoms with Crippen molar-refractivity contribution >= 4 is 5.91 Å². The standard InChI is InChI=1S/C28H35NO3/c1-17(15-23-11-9-10-12-26(23)31-8)29(7)28(30)27-14-13-24(32-27)16-25-21(5)19(3)18(2)20(4)22(25)6/h9-14,17H,15-16H2,1-8H3. The van der Waals surface area contributed by atoms with Crippen LogP contribution in [0.15, 0.2) is 40.8 Å². The smallest absolute Gasteiger partial charge is 0.289 e. The molecule has 1 amide bonds. The number of furan rings is 1. The number of carbonyl (C=O) groups is 1. The van der Waals surface area contributed by atoms with Gasteiger partial charge in [0, 0.05) is 19.5 Å². The number of amides is 1. The van der Waals surface area contributed by atoms with E-state index in [1.165, 1.54) is 33.4 Å². The molecule has 170 valence electrons. The van der Waals surface area contributed by atoms with Gasteiger partial charge in [-0.1, -0.05) is 18.2 Å². The van der Waals surface area contributed by atoms with E-state index in [9.17, 15) is 4.79 Å². The minimum atomic E-state index is -0.108. The number of para-hydroxylation sites is 1. The normalized spacial score (nSPS) is 12.0. The topological polar surface area (TPSA) is 42.7 Å². The van der Waals surface area contributed by atoms with E-state index >= 15 is 0 Å². The second-order valence-corrected chi connectivity index (χ2v) is 8.83. The van der Waals surface area contributed by atoms with Crippen LogP contribution in [0.1, 0.15) is 62.2 Å². The van der Waals surface area contributed by atoms with Gasteiger partial charge in [-0.15, -0.1) is 0 Å². The van der Waals surface area contributed by atoms with Gasteiger partial charge in [0.1, 0.15) is 11.5 Å². The average molecular weight is 434 g/mol. The number of hydrogen-bond acceptors (Lipinski definition) is 3. The molecule has 0 spiro atoms. The highest BCUT2D eigenvalue weighted by Crippen LogP contribution is 2.28. The lowest BCUT2D eigenvalue weighted by Crippen LogP contribution is -2.36. The fourth-order valence-electron chi connectivity index (χ4n) is 4.31. The first kappa shape index (κ1) is 23.6. The van der Waals surface area contributed by atoms with Gasteiger partial charge < -0.3 is 14.1 Å². The number of methoxy groups -OCH3 is 1. The van der Waals surface area contributed by atoms with Crippen LogP contribution >= 0.6 is 0 Å². The molecule has 1 atom stereocenters. The molecule has 0 N–H and O–H groups in total. The monoisotopic (exact) mass is 433 g/mol. The van der Waals surface area contributed by atoms with Gasteiger partial charge in [-0.05, 0) is 105 Å². The van der Waals surface area contributed by atoms with Crippen LogP contribution < -0.4 is 4.74 Å². The number of nitrogens with zero attached hydrogens (tertiary/aromatic N) is 1. The van der Waals surface area contributed by atoms with Gasteiger partial charge in [-0.25, -0.2) is 0 Å². The van der Waals surface area contributed by atoms with Gasteiger partial charge in [-0.3, -0.25) is 4.79 Å². The highest BCUT2D eigenvalue weighted by Gasteiger charge is 2.22. The zero-order chi connectivity index (χ0) is 23.6. The van der Waals surface area contributed by atoms with Crippen molar-refractivity contribution in [1.29, 1.82) is 0 Å². The van der Waals surface area contributed by atoms with Crippen LogP contribution in [0.3, 0.4) is 0 Å². The molecule has 0 bridgehead atoms. The van der Waals surface area contributed by atoms with Crippen molar-refractivity contribution < 1.29 is 13.9 Å². The summed E-state index contributed by atoms with van der Waals surface area (Å²) in [5.74, 6) is 1.93. The summed E-state index contributed by atoms with van der Waals surface area (Å²) in [6.45, 7) is 12.9. The van der Waals surface area contributed by atoms with Gasteiger partial charge >= 0.3 is 0 Å². The Bertz CT molecular complexity index is 1100. The molecule has 0 aliphatic heterocycles. The second kappa shape index (κ2) is 9.64. The average Bonchev–Trinajstić information content (AvgIpc) is 3.27. The summed E-state index contributed by atoms with van der Waals surface area (Å²) in [6.07, 6.45) is 1.40. The molecular weight excluding hydrogens is 398 g/mol. The van der Waals surface area contributed by atoms with Gasteiger partial charge in [-0.2, -0.15) is 0 Å². The molecule has 0 saturated carbocycles. The summed E-state index contributed by atoms with van der Waals surface area (Å²) in [7, 11) is 3.49. The van der Waals surface area contributed by atoms with E-state index in [0.29, 0.717) is 18.6 Å². The summed E-state index contributed by atoms with van der Waals surface area (Å²) in [5, 5.41) is 0. The highest BCUT2D eigenvalue weighted by atomic mass is 16.5. The molecule has 2 aromatic carbocycles. The van der Waals surface area contributed by atoms with Gasteiger partial charge in [0.15, 0.2) is 5.76 Å². The molecule has 3 aromatic rings. The number of benzene rings is 2. The summed E-state index contributed by atoms with van der Waals surface area (Å²) in [5.41, 5.74) is 8.99. The maximum atomic E-state index is 13.1. The molecule has 4 nitrogen and oxygen atoms in total. The lowest BCUT2D eigenvalue weighted by atomic mass is 9.88. The number of carbonyl (C=O) groups excluding carboxylic acids is 1. The summed E-state index contributed by atoms with van der Waals surface area (Å²) < 4.78 is 11.5. The third kappa shape index (κ3) is 4.59. The van der Waals surface area contributed by atoms with Crippen LogP contribution in [0, 0.1) is 34.6 Å². The van der Waals surface area contributed by atoms with Crippen LogP contribution in [-0.2, 0) is 12.8 Å². The molecule has 0 saturated heterocycles. The number of ether oxygens (including phenoxy) is 1. The van der Waals surface area contributed by atoms with E-state index < -0.39 is 0 Å². The highest BCUT2D eigenvalue weighted by molar-refractivity contribution is 5.91. The Morgan fingerprint density at radius 2 is 1.53 bits per heavy atom. The molecule has 0 aliphatic carbocycles. The molecule has 32 heavy (non-hydrogen) atoms. The quantitative estimate of drug-likeness (QED) is 0.450. The molecule has 0 fully saturated rings. The van der Waals surface area contributed by atoms with E-state index in [0.717, 1.165) is 17.1 Å². The second-order valence-electron chi connectivity index (χ2n) is 8.83. The number of hydrogen-bond donors (Lipinski definition) is 0. The lowest BCUT2D eigenvalue weighted by molar-refractivity contribution is 0.0709. The van der Waals surface area contributed by atoms with Gasteiger partial charge in [0.25, 0.3) is 5.91 Å². The maximum absolute atomic E-state index is 13.1. The van der Waals surface area contributed by atoms with Crippen molar-refractivity contribution in [2.24, 2.45) is 0 Å². The molecule has 0 radical (unpaired) electrons. The van der Waals surface area contributed by atoms with Crippen molar-refractivity contribution in [1.82, 2.24) is 4.90 Å². The minimum Gasteiger partial charge on any atom is -0.496 e. The zero-order valence-corrected chi connectivity index (χ0v) is 20.6. The van der Waals surface area contributed by atoms with E-state index in [4.69, 9.17) is 9.15 Å². The molecule has 1 heterocycles. The van der Waals surface area contributed by atoms with Crippen LogP contribution in [0.4, 0.5) is 0 Å². The maximum Gasteiger partial charge on any atom is 0.289 e. The fraction of sp³-hybridized carbons (Fsp3) is 0.393. The molecular formula is C28H35NO3. The van der Waals surface area contributed by atoms with Crippen LogP contribution in [0.5, 0.6) is 5.75 Å². The van der Waals surface area contributed by atoms with Gasteiger partial charge in [0.05, 0.1) is 7.11 Å². The van der Waals surface area contributed by atoms with Crippen molar-refractivity contribution in [2.45, 2.75) is 60.4 Å². The Hall–Kier alpha value is -3.01. The van der Waals surface area contributed by atoms with Crippen molar-refractivity contribution in [2.75, 3.05) is 14.2 Å². The van der Waals surface area contributed by atoms with Crippen LogP contribution in [0.25, 0.3) is 0 Å². The Labute approximate surface area is 192 Å². The minimum absolute atomic E-state index is 0.000707. The Morgan fingerprint density at radius 1 is 0.938 bits per heavy atom. The Morgan fingerprint density at radius 3 is 2.16 bits per heavy atom. The summed E-state index contributed by atoms with van der Waals surface area (Å²) in [6, 6.07) is 11.6. The first-order chi connectivity index (χ1) is 15.1. The third-order valence-electron chi connectivity index (χ3n) is 7.07. The lowest BCUT2D eigenvalue weighted by Gasteiger charge is -2.24. The van der Waals surface area contributed by atoms with E-state index in [-0.39, 0.29) is 11.9 Å². The van der Waals surface area contributed by atoms with Crippen molar-refractivity contribution in [3.8, 4) is 5.75 Å². The fourth-order valence-corrected chi connectivity index (χ4v) is 4.31. The summed E-state index contributed by atoms with van der Waals surface area (Å²) in [4.78, 5) is 14.8. The van der Waals surface area contributed by atoms with E-state index in [1.807, 2.05) is 44.3 Å². The van der Waals surface area contributed by atoms with Crippen LogP contribution in [0.2, 0.25) is 0 Å². The van der Waals surface area contributed by atoms with E-state index in [2.05, 4.69) is 34.6 Å². The summed E-state index contributed by atoms with van der Waals surface area (Å²) >= 11 is 0. The first-order valence-corrected chi connectivity index (χ1v) is 11.2. The molecule has 0 aliphatic rings. The van der Waals surface area contributed by atoms with Crippen molar-refractivity contribution in [3.05, 3.63) is 86.9 Å². The SMILES string of the molecule is COc1ccccc1CC(C)N(C)C(=O)c1ccc(Cc2c(C)c(C)c(C)c(C)c2C)o1. The predicted molar refractivity (Wildman–Crippen MR) is 130 cm³/mol. The van der Waals surface area contributed by atoms with Crippen LogP contribution in [-0.4, -0.2) is 31.0 Å². The number of likely N-dealkylation sites (N-methyl/N-ethyl adjacent to an activating group) is 1. The Balaban J connectivity index is 1.76. The molecule has 3 rings (SSSR count). The zero-order valence-electron chi connectivity index (χ0n) is 20.6.